The van der Waals surface area contributed by atoms with E-state index in [1.165, 1.54) is 0 Å². The average Bonchev–Trinajstić information content (AvgIpc) is 2.86. The molecule has 0 radical (unpaired) electrons. The lowest BCUT2D eigenvalue weighted by atomic mass is 9.78. The van der Waals surface area contributed by atoms with Crippen LogP contribution in [-0.2, 0) is 0 Å². The van der Waals surface area contributed by atoms with Crippen LogP contribution < -0.4 is 5.32 Å². The fourth-order valence-corrected chi connectivity index (χ4v) is 2.49. The number of benzene rings is 1. The number of nitriles is 1. The molecule has 1 aromatic heterocycles. The Labute approximate surface area is 123 Å². The number of imidazole rings is 1. The summed E-state index contributed by atoms with van der Waals surface area (Å²) < 4.78 is 0. The molecule has 0 spiro atoms. The Balaban J connectivity index is 1.85. The van der Waals surface area contributed by atoms with Gasteiger partial charge in [-0.05, 0) is 26.2 Å². The topological polar surface area (TPSA) is 81.6 Å². The smallest absolute Gasteiger partial charge is 0.273 e. The summed E-state index contributed by atoms with van der Waals surface area (Å²) in [5, 5.41) is 12.0. The SMILES string of the molecule is Cc1[nH]c(-c2ccccc2)nc1C(=O)NC1(C#N)CCC1. The van der Waals surface area contributed by atoms with Gasteiger partial charge in [-0.1, -0.05) is 30.3 Å². The highest BCUT2D eigenvalue weighted by molar-refractivity contribution is 5.95. The maximum atomic E-state index is 12.3. The van der Waals surface area contributed by atoms with Crippen LogP contribution in [0.15, 0.2) is 30.3 Å². The minimum Gasteiger partial charge on any atom is -0.341 e. The van der Waals surface area contributed by atoms with Crippen LogP contribution in [0, 0.1) is 18.3 Å². The van der Waals surface area contributed by atoms with Crippen LogP contribution in [0.2, 0.25) is 0 Å². The number of carbonyl (C=O) groups is 1. The first-order valence-corrected chi connectivity index (χ1v) is 6.99. The van der Waals surface area contributed by atoms with Crippen molar-refractivity contribution in [2.24, 2.45) is 0 Å². The van der Waals surface area contributed by atoms with Gasteiger partial charge < -0.3 is 10.3 Å². The predicted molar refractivity (Wildman–Crippen MR) is 78.4 cm³/mol. The summed E-state index contributed by atoms with van der Waals surface area (Å²) in [5.74, 6) is 0.380. The zero-order valence-electron chi connectivity index (χ0n) is 11.8. The molecule has 21 heavy (non-hydrogen) atoms. The molecule has 0 bridgehead atoms. The lowest BCUT2D eigenvalue weighted by Crippen LogP contribution is -2.52. The number of aromatic amines is 1. The van der Waals surface area contributed by atoms with Gasteiger partial charge in [0.1, 0.15) is 17.1 Å². The van der Waals surface area contributed by atoms with E-state index in [0.717, 1.165) is 12.0 Å². The van der Waals surface area contributed by atoms with Crippen LogP contribution in [0.5, 0.6) is 0 Å². The molecule has 1 saturated carbocycles. The van der Waals surface area contributed by atoms with Gasteiger partial charge in [-0.3, -0.25) is 4.79 Å². The van der Waals surface area contributed by atoms with Crippen LogP contribution >= 0.6 is 0 Å². The third-order valence-electron chi connectivity index (χ3n) is 3.92. The molecule has 106 valence electrons. The van der Waals surface area contributed by atoms with Gasteiger partial charge in [-0.25, -0.2) is 4.98 Å². The van der Waals surface area contributed by atoms with Crippen molar-refractivity contribution in [1.29, 1.82) is 5.26 Å². The van der Waals surface area contributed by atoms with E-state index < -0.39 is 5.54 Å². The van der Waals surface area contributed by atoms with Crippen molar-refractivity contribution in [2.45, 2.75) is 31.7 Å². The van der Waals surface area contributed by atoms with E-state index >= 15 is 0 Å². The van der Waals surface area contributed by atoms with Gasteiger partial charge >= 0.3 is 0 Å². The van der Waals surface area contributed by atoms with Gasteiger partial charge in [0.2, 0.25) is 0 Å². The summed E-state index contributed by atoms with van der Waals surface area (Å²) in [6.07, 6.45) is 2.40. The number of rotatable bonds is 3. The standard InChI is InChI=1S/C16H16N4O/c1-11-13(15(21)20-16(10-17)8-5-9-16)19-14(18-11)12-6-3-2-4-7-12/h2-4,6-7H,5,8-9H2,1H3,(H,18,19)(H,20,21). The second-order valence-corrected chi connectivity index (χ2v) is 5.43. The molecule has 1 aromatic carbocycles. The quantitative estimate of drug-likeness (QED) is 0.906. The van der Waals surface area contributed by atoms with Crippen LogP contribution in [0.4, 0.5) is 0 Å². The summed E-state index contributed by atoms with van der Waals surface area (Å²) in [5.41, 5.74) is 1.29. The Morgan fingerprint density at radius 2 is 2.10 bits per heavy atom. The molecule has 1 heterocycles. The van der Waals surface area contributed by atoms with Crippen molar-refractivity contribution in [2.75, 3.05) is 0 Å². The molecule has 1 aliphatic rings. The first-order chi connectivity index (χ1) is 10.1. The van der Waals surface area contributed by atoms with Gasteiger partial charge in [0, 0.05) is 11.3 Å². The maximum absolute atomic E-state index is 12.3. The number of nitrogens with zero attached hydrogens (tertiary/aromatic N) is 2. The minimum atomic E-state index is -0.699. The molecule has 1 amide bonds. The molecule has 2 N–H and O–H groups in total. The first kappa shape index (κ1) is 13.4. The molecule has 2 aromatic rings. The number of aryl methyl sites for hydroxylation is 1. The molecule has 3 rings (SSSR count). The summed E-state index contributed by atoms with van der Waals surface area (Å²) >= 11 is 0. The molecular weight excluding hydrogens is 264 g/mol. The molecule has 5 heteroatoms. The van der Waals surface area contributed by atoms with Crippen molar-refractivity contribution in [3.8, 4) is 17.5 Å². The lowest BCUT2D eigenvalue weighted by molar-refractivity contribution is 0.0876. The van der Waals surface area contributed by atoms with Gasteiger partial charge in [0.25, 0.3) is 5.91 Å². The summed E-state index contributed by atoms with van der Waals surface area (Å²) in [4.78, 5) is 19.8. The number of amides is 1. The highest BCUT2D eigenvalue weighted by Gasteiger charge is 2.39. The van der Waals surface area contributed by atoms with E-state index in [1.807, 2.05) is 37.3 Å². The van der Waals surface area contributed by atoms with Crippen LogP contribution in [0.3, 0.4) is 0 Å². The molecule has 0 atom stereocenters. The van der Waals surface area contributed by atoms with Crippen LogP contribution in [0.1, 0.15) is 35.4 Å². The first-order valence-electron chi connectivity index (χ1n) is 6.99. The van der Waals surface area contributed by atoms with Crippen molar-refractivity contribution >= 4 is 5.91 Å². The number of aromatic nitrogens is 2. The van der Waals surface area contributed by atoms with E-state index in [4.69, 9.17) is 0 Å². The van der Waals surface area contributed by atoms with Crippen molar-refractivity contribution in [3.63, 3.8) is 0 Å². The van der Waals surface area contributed by atoms with Crippen LogP contribution in [0.25, 0.3) is 11.4 Å². The Morgan fingerprint density at radius 1 is 1.38 bits per heavy atom. The normalized spacial score (nSPS) is 15.8. The molecule has 0 saturated heterocycles. The Morgan fingerprint density at radius 3 is 2.67 bits per heavy atom. The fraction of sp³-hybridized carbons (Fsp3) is 0.312. The lowest BCUT2D eigenvalue weighted by Gasteiger charge is -2.35. The minimum absolute atomic E-state index is 0.285. The molecule has 5 nitrogen and oxygen atoms in total. The molecule has 0 unspecified atom stereocenters. The van der Waals surface area contributed by atoms with Gasteiger partial charge in [-0.15, -0.1) is 0 Å². The van der Waals surface area contributed by atoms with Crippen molar-refractivity contribution < 1.29 is 4.79 Å². The largest absolute Gasteiger partial charge is 0.341 e. The fourth-order valence-electron chi connectivity index (χ4n) is 2.49. The number of hydrogen-bond acceptors (Lipinski definition) is 3. The maximum Gasteiger partial charge on any atom is 0.273 e. The number of nitrogens with one attached hydrogen (secondary N) is 2. The van der Waals surface area contributed by atoms with E-state index in [2.05, 4.69) is 21.4 Å². The Bertz CT molecular complexity index is 708. The van der Waals surface area contributed by atoms with E-state index in [9.17, 15) is 10.1 Å². The third-order valence-corrected chi connectivity index (χ3v) is 3.92. The summed E-state index contributed by atoms with van der Waals surface area (Å²) in [7, 11) is 0. The number of H-pyrrole nitrogens is 1. The van der Waals surface area contributed by atoms with E-state index in [-0.39, 0.29) is 5.91 Å². The molecule has 1 aliphatic carbocycles. The highest BCUT2D eigenvalue weighted by Crippen LogP contribution is 2.31. The van der Waals surface area contributed by atoms with E-state index in [1.54, 1.807) is 0 Å². The highest BCUT2D eigenvalue weighted by atomic mass is 16.2. The second-order valence-electron chi connectivity index (χ2n) is 5.43. The van der Waals surface area contributed by atoms with Gasteiger partial charge in [0.05, 0.1) is 6.07 Å². The van der Waals surface area contributed by atoms with E-state index in [0.29, 0.717) is 30.1 Å². The van der Waals surface area contributed by atoms with Gasteiger partial charge in [0.15, 0.2) is 0 Å². The number of hydrogen-bond donors (Lipinski definition) is 2. The predicted octanol–water partition coefficient (Wildman–Crippen LogP) is 2.56. The van der Waals surface area contributed by atoms with Gasteiger partial charge in [-0.2, -0.15) is 5.26 Å². The number of carbonyl (C=O) groups excluding carboxylic acids is 1. The third kappa shape index (κ3) is 2.40. The van der Waals surface area contributed by atoms with Crippen molar-refractivity contribution in [1.82, 2.24) is 15.3 Å². The summed E-state index contributed by atoms with van der Waals surface area (Å²) in [6.45, 7) is 1.81. The second kappa shape index (κ2) is 5.06. The van der Waals surface area contributed by atoms with Crippen LogP contribution in [-0.4, -0.2) is 21.4 Å². The van der Waals surface area contributed by atoms with Crippen molar-refractivity contribution in [3.05, 3.63) is 41.7 Å². The molecular formula is C16H16N4O. The average molecular weight is 280 g/mol. The summed E-state index contributed by atoms with van der Waals surface area (Å²) in [6, 6.07) is 11.8. The Kier molecular flexibility index (Phi) is 3.22. The Hall–Kier alpha value is -2.61. The zero-order chi connectivity index (χ0) is 14.9. The monoisotopic (exact) mass is 280 g/mol. The molecule has 1 fully saturated rings. The molecule has 0 aliphatic heterocycles. The zero-order valence-corrected chi connectivity index (χ0v) is 11.8.